The maximum absolute atomic E-state index is 10.9. The molecule has 0 amide bonds. The zero-order valence-corrected chi connectivity index (χ0v) is 12.6. The van der Waals surface area contributed by atoms with Crippen molar-refractivity contribution in [3.63, 3.8) is 0 Å². The molecule has 0 spiro atoms. The van der Waals surface area contributed by atoms with Crippen LogP contribution < -0.4 is 5.32 Å². The van der Waals surface area contributed by atoms with Crippen LogP contribution in [-0.2, 0) is 6.54 Å². The lowest BCUT2D eigenvalue weighted by Gasteiger charge is -2.22. The van der Waals surface area contributed by atoms with Crippen molar-refractivity contribution in [2.24, 2.45) is 5.41 Å². The largest absolute Gasteiger partial charge is 0.312 e. The van der Waals surface area contributed by atoms with Crippen LogP contribution in [0.5, 0.6) is 0 Å². The van der Waals surface area contributed by atoms with E-state index in [-0.39, 0.29) is 16.0 Å². The van der Waals surface area contributed by atoms with E-state index in [1.165, 1.54) is 6.07 Å². The Morgan fingerprint density at radius 3 is 2.67 bits per heavy atom. The number of nitrogens with zero attached hydrogens (tertiary/aromatic N) is 1. The summed E-state index contributed by atoms with van der Waals surface area (Å²) in [6.45, 7) is 7.85. The molecule has 18 heavy (non-hydrogen) atoms. The Labute approximate surface area is 116 Å². The second-order valence-corrected chi connectivity index (χ2v) is 6.07. The minimum Gasteiger partial charge on any atom is -0.312 e. The average Bonchev–Trinajstić information content (AvgIpc) is 2.28. The molecule has 0 radical (unpaired) electrons. The topological polar surface area (TPSA) is 55.2 Å². The number of halogens is 1. The summed E-state index contributed by atoms with van der Waals surface area (Å²) in [6, 6.07) is 5.02. The van der Waals surface area contributed by atoms with E-state index < -0.39 is 0 Å². The molecule has 4 nitrogen and oxygen atoms in total. The summed E-state index contributed by atoms with van der Waals surface area (Å²) in [6.07, 6.45) is 1.07. The SMILES string of the molecule is CCC(C)(C)CNCc1cc(Br)ccc1[N+](=O)[O-]. The van der Waals surface area contributed by atoms with Gasteiger partial charge in [-0.25, -0.2) is 0 Å². The van der Waals surface area contributed by atoms with Gasteiger partial charge >= 0.3 is 0 Å². The number of benzene rings is 1. The van der Waals surface area contributed by atoms with Crippen molar-refractivity contribution >= 4 is 21.6 Å². The third kappa shape index (κ3) is 4.38. The highest BCUT2D eigenvalue weighted by Crippen LogP contribution is 2.23. The molecule has 100 valence electrons. The van der Waals surface area contributed by atoms with Crippen molar-refractivity contribution in [3.05, 3.63) is 38.3 Å². The lowest BCUT2D eigenvalue weighted by Crippen LogP contribution is -2.28. The van der Waals surface area contributed by atoms with E-state index >= 15 is 0 Å². The molecule has 0 aliphatic heterocycles. The molecule has 0 unspecified atom stereocenters. The monoisotopic (exact) mass is 314 g/mol. The Kier molecular flexibility index (Phi) is 5.28. The Hall–Kier alpha value is -0.940. The van der Waals surface area contributed by atoms with Gasteiger partial charge in [0.05, 0.1) is 4.92 Å². The summed E-state index contributed by atoms with van der Waals surface area (Å²) in [5.74, 6) is 0. The molecule has 0 aromatic heterocycles. The molecule has 1 aromatic rings. The van der Waals surface area contributed by atoms with Gasteiger partial charge in [-0.2, -0.15) is 0 Å². The van der Waals surface area contributed by atoms with Crippen LogP contribution in [0, 0.1) is 15.5 Å². The first kappa shape index (κ1) is 15.1. The number of nitro groups is 1. The number of hydrogen-bond donors (Lipinski definition) is 1. The summed E-state index contributed by atoms with van der Waals surface area (Å²) >= 11 is 3.34. The van der Waals surface area contributed by atoms with Gasteiger partial charge in [-0.1, -0.05) is 36.7 Å². The van der Waals surface area contributed by atoms with Crippen molar-refractivity contribution in [3.8, 4) is 0 Å². The van der Waals surface area contributed by atoms with Gasteiger partial charge < -0.3 is 5.32 Å². The maximum Gasteiger partial charge on any atom is 0.273 e. The van der Waals surface area contributed by atoms with Gasteiger partial charge in [0.25, 0.3) is 5.69 Å². The minimum atomic E-state index is -0.339. The van der Waals surface area contributed by atoms with Crippen LogP contribution in [0.1, 0.15) is 32.8 Å². The molecule has 0 aliphatic rings. The van der Waals surface area contributed by atoms with E-state index in [0.29, 0.717) is 12.1 Å². The molecule has 0 fully saturated rings. The van der Waals surface area contributed by atoms with Gasteiger partial charge in [-0.05, 0) is 24.0 Å². The smallest absolute Gasteiger partial charge is 0.273 e. The molecule has 1 rings (SSSR count). The molecule has 5 heteroatoms. The van der Waals surface area contributed by atoms with Crippen molar-refractivity contribution in [2.75, 3.05) is 6.54 Å². The molecule has 0 bridgehead atoms. The number of nitrogens with one attached hydrogen (secondary N) is 1. The van der Waals surface area contributed by atoms with Gasteiger partial charge in [0.15, 0.2) is 0 Å². The Morgan fingerprint density at radius 2 is 2.11 bits per heavy atom. The molecule has 1 aromatic carbocycles. The summed E-state index contributed by atoms with van der Waals surface area (Å²) in [5.41, 5.74) is 1.09. The second kappa shape index (κ2) is 6.29. The van der Waals surface area contributed by atoms with Crippen molar-refractivity contribution in [2.45, 2.75) is 33.7 Å². The number of hydrogen-bond acceptors (Lipinski definition) is 3. The van der Waals surface area contributed by atoms with E-state index in [0.717, 1.165) is 17.4 Å². The zero-order chi connectivity index (χ0) is 13.8. The number of nitro benzene ring substituents is 1. The highest BCUT2D eigenvalue weighted by atomic mass is 79.9. The van der Waals surface area contributed by atoms with E-state index in [9.17, 15) is 10.1 Å². The first-order valence-electron chi connectivity index (χ1n) is 5.99. The minimum absolute atomic E-state index is 0.167. The van der Waals surface area contributed by atoms with Crippen molar-refractivity contribution in [1.82, 2.24) is 5.32 Å². The predicted octanol–water partition coefficient (Wildman–Crippen LogP) is 3.88. The summed E-state index contributed by atoms with van der Waals surface area (Å²) < 4.78 is 0.861. The van der Waals surface area contributed by atoms with Crippen LogP contribution in [0.3, 0.4) is 0 Å². The van der Waals surface area contributed by atoms with Crippen LogP contribution in [0.25, 0.3) is 0 Å². The van der Waals surface area contributed by atoms with E-state index in [1.807, 2.05) is 0 Å². The summed E-state index contributed by atoms with van der Waals surface area (Å²) in [4.78, 5) is 10.6. The van der Waals surface area contributed by atoms with Gasteiger partial charge in [-0.15, -0.1) is 0 Å². The van der Waals surface area contributed by atoms with Gasteiger partial charge in [0.2, 0.25) is 0 Å². The fraction of sp³-hybridized carbons (Fsp3) is 0.538. The molecular formula is C13H19BrN2O2. The van der Waals surface area contributed by atoms with Crippen LogP contribution in [0.4, 0.5) is 5.69 Å². The van der Waals surface area contributed by atoms with Crippen molar-refractivity contribution < 1.29 is 4.92 Å². The average molecular weight is 315 g/mol. The van der Waals surface area contributed by atoms with Crippen LogP contribution >= 0.6 is 15.9 Å². The highest BCUT2D eigenvalue weighted by molar-refractivity contribution is 9.10. The molecule has 0 saturated carbocycles. The van der Waals surface area contributed by atoms with Gasteiger partial charge in [0, 0.05) is 29.2 Å². The first-order valence-corrected chi connectivity index (χ1v) is 6.78. The van der Waals surface area contributed by atoms with E-state index in [4.69, 9.17) is 0 Å². The normalized spacial score (nSPS) is 11.6. The van der Waals surface area contributed by atoms with E-state index in [1.54, 1.807) is 12.1 Å². The Morgan fingerprint density at radius 1 is 1.44 bits per heavy atom. The van der Waals surface area contributed by atoms with Crippen LogP contribution in [-0.4, -0.2) is 11.5 Å². The highest BCUT2D eigenvalue weighted by Gasteiger charge is 2.17. The zero-order valence-electron chi connectivity index (χ0n) is 11.0. The number of rotatable bonds is 6. The lowest BCUT2D eigenvalue weighted by molar-refractivity contribution is -0.385. The van der Waals surface area contributed by atoms with Crippen LogP contribution in [0.15, 0.2) is 22.7 Å². The third-order valence-electron chi connectivity index (χ3n) is 3.11. The summed E-state index contributed by atoms with van der Waals surface area (Å²) in [5, 5.41) is 14.2. The predicted molar refractivity (Wildman–Crippen MR) is 76.6 cm³/mol. The summed E-state index contributed by atoms with van der Waals surface area (Å²) in [7, 11) is 0. The molecule has 0 saturated heterocycles. The second-order valence-electron chi connectivity index (χ2n) is 5.15. The molecule has 1 N–H and O–H groups in total. The lowest BCUT2D eigenvalue weighted by atomic mass is 9.90. The molecule has 0 heterocycles. The van der Waals surface area contributed by atoms with Gasteiger partial charge in [-0.3, -0.25) is 10.1 Å². The van der Waals surface area contributed by atoms with E-state index in [2.05, 4.69) is 42.0 Å². The quantitative estimate of drug-likeness (QED) is 0.640. The maximum atomic E-state index is 10.9. The molecule has 0 aliphatic carbocycles. The van der Waals surface area contributed by atoms with Crippen LogP contribution in [0.2, 0.25) is 0 Å². The standard InChI is InChI=1S/C13H19BrN2O2/c1-4-13(2,3)9-15-8-10-7-11(14)5-6-12(10)16(17)18/h5-7,15H,4,8-9H2,1-3H3. The first-order chi connectivity index (χ1) is 8.35. The third-order valence-corrected chi connectivity index (χ3v) is 3.61. The fourth-order valence-electron chi connectivity index (χ4n) is 1.53. The molecule has 0 atom stereocenters. The Balaban J connectivity index is 2.72. The fourth-order valence-corrected chi connectivity index (χ4v) is 1.94. The van der Waals surface area contributed by atoms with Gasteiger partial charge in [0.1, 0.15) is 0 Å². The molecular weight excluding hydrogens is 296 g/mol. The van der Waals surface area contributed by atoms with Crippen molar-refractivity contribution in [1.29, 1.82) is 0 Å². The Bertz CT molecular complexity index is 433.